The van der Waals surface area contributed by atoms with Crippen molar-refractivity contribution in [1.82, 2.24) is 19.5 Å². The van der Waals surface area contributed by atoms with Crippen molar-refractivity contribution < 1.29 is 19.3 Å². The predicted molar refractivity (Wildman–Crippen MR) is 131 cm³/mol. The SMILES string of the molecule is CC(C)(O)OC1C[C@H](n2cnc3c(NC4CCCC4)ncnc32)O[C@@H]1/C=C/OCc1ccccc1. The van der Waals surface area contributed by atoms with Gasteiger partial charge in [-0.3, -0.25) is 4.57 Å². The molecule has 9 heteroatoms. The molecule has 1 saturated carbocycles. The van der Waals surface area contributed by atoms with Crippen LogP contribution in [0.3, 0.4) is 0 Å². The Labute approximate surface area is 205 Å². The number of nitrogens with zero attached hydrogens (tertiary/aromatic N) is 4. The molecule has 0 amide bonds. The lowest BCUT2D eigenvalue weighted by Crippen LogP contribution is -2.34. The molecule has 3 heterocycles. The molecule has 1 aliphatic carbocycles. The average Bonchev–Trinajstić information content (AvgIpc) is 3.57. The van der Waals surface area contributed by atoms with Crippen LogP contribution in [-0.2, 0) is 20.8 Å². The molecule has 2 aromatic heterocycles. The van der Waals surface area contributed by atoms with Crippen LogP contribution >= 0.6 is 0 Å². The summed E-state index contributed by atoms with van der Waals surface area (Å²) in [5.74, 6) is -0.536. The summed E-state index contributed by atoms with van der Waals surface area (Å²) in [5, 5.41) is 13.8. The van der Waals surface area contributed by atoms with Crippen LogP contribution in [0.5, 0.6) is 0 Å². The Kier molecular flexibility index (Phi) is 6.99. The Morgan fingerprint density at radius 1 is 1.17 bits per heavy atom. The van der Waals surface area contributed by atoms with Crippen molar-refractivity contribution in [2.45, 2.75) is 82.8 Å². The third-order valence-corrected chi connectivity index (χ3v) is 6.38. The Bertz CT molecular complexity index is 1140. The van der Waals surface area contributed by atoms with Gasteiger partial charge in [0.25, 0.3) is 0 Å². The van der Waals surface area contributed by atoms with Crippen molar-refractivity contribution >= 4 is 17.0 Å². The summed E-state index contributed by atoms with van der Waals surface area (Å²) >= 11 is 0. The fourth-order valence-electron chi connectivity index (χ4n) is 4.77. The quantitative estimate of drug-likeness (QED) is 0.346. The fraction of sp³-hybridized carbons (Fsp3) is 0.500. The zero-order chi connectivity index (χ0) is 24.3. The van der Waals surface area contributed by atoms with Gasteiger partial charge in [0.15, 0.2) is 22.8 Å². The Morgan fingerprint density at radius 2 is 1.97 bits per heavy atom. The van der Waals surface area contributed by atoms with Crippen molar-refractivity contribution in [3.63, 3.8) is 0 Å². The molecule has 2 fully saturated rings. The van der Waals surface area contributed by atoms with Gasteiger partial charge in [0.1, 0.15) is 25.3 Å². The molecule has 9 nitrogen and oxygen atoms in total. The van der Waals surface area contributed by atoms with Crippen LogP contribution in [0, 0.1) is 0 Å². The lowest BCUT2D eigenvalue weighted by atomic mass is 10.1. The highest BCUT2D eigenvalue weighted by Crippen LogP contribution is 2.35. The second-order valence-corrected chi connectivity index (χ2v) is 9.69. The number of fused-ring (bicyclic) bond motifs is 1. The van der Waals surface area contributed by atoms with Gasteiger partial charge in [-0.2, -0.15) is 0 Å². The van der Waals surface area contributed by atoms with E-state index in [0.29, 0.717) is 24.7 Å². The summed E-state index contributed by atoms with van der Waals surface area (Å²) in [6.45, 7) is 3.70. The van der Waals surface area contributed by atoms with Crippen molar-refractivity contribution in [3.05, 3.63) is 60.9 Å². The summed E-state index contributed by atoms with van der Waals surface area (Å²) in [6.07, 6.45) is 10.9. The average molecular weight is 480 g/mol. The standard InChI is InChI=1S/C26H33N5O4/c1-26(2,32)35-21-14-22(34-20(21)12-13-33-15-18-8-4-3-5-9-18)31-17-29-23-24(27-16-28-25(23)31)30-19-10-6-7-11-19/h3-5,8-9,12-13,16-17,19-22,32H,6-7,10-11,14-15H2,1-2H3,(H,27,28,30)/b13-12+/t20-,21?,22-/m1/s1. The predicted octanol–water partition coefficient (Wildman–Crippen LogP) is 4.31. The van der Waals surface area contributed by atoms with Crippen LogP contribution < -0.4 is 5.32 Å². The highest BCUT2D eigenvalue weighted by Gasteiger charge is 2.39. The molecule has 0 radical (unpaired) electrons. The maximum atomic E-state index is 10.3. The molecule has 1 aliphatic heterocycles. The van der Waals surface area contributed by atoms with Crippen LogP contribution in [0.1, 0.15) is 57.7 Å². The second kappa shape index (κ2) is 10.3. The minimum atomic E-state index is -1.29. The fourth-order valence-corrected chi connectivity index (χ4v) is 4.77. The molecule has 35 heavy (non-hydrogen) atoms. The molecule has 1 unspecified atom stereocenters. The molecule has 3 aromatic rings. The number of nitrogens with one attached hydrogen (secondary N) is 1. The van der Waals surface area contributed by atoms with E-state index >= 15 is 0 Å². The molecule has 0 spiro atoms. The Balaban J connectivity index is 1.31. The molecule has 1 aromatic carbocycles. The third kappa shape index (κ3) is 5.80. The second-order valence-electron chi connectivity index (χ2n) is 9.69. The smallest absolute Gasteiger partial charge is 0.167 e. The van der Waals surface area contributed by atoms with Gasteiger partial charge in [-0.15, -0.1) is 0 Å². The molecular weight excluding hydrogens is 446 g/mol. The van der Waals surface area contributed by atoms with E-state index in [0.717, 1.165) is 29.7 Å². The topological polar surface area (TPSA) is 104 Å². The first kappa shape index (κ1) is 23.7. The van der Waals surface area contributed by atoms with Gasteiger partial charge < -0.3 is 24.6 Å². The lowest BCUT2D eigenvalue weighted by molar-refractivity contribution is -0.210. The Morgan fingerprint density at radius 3 is 2.74 bits per heavy atom. The van der Waals surface area contributed by atoms with Crippen molar-refractivity contribution in [2.75, 3.05) is 5.32 Å². The first-order chi connectivity index (χ1) is 17.0. The van der Waals surface area contributed by atoms with Crippen LogP contribution in [0.25, 0.3) is 11.2 Å². The summed E-state index contributed by atoms with van der Waals surface area (Å²) in [7, 11) is 0. The van der Waals surface area contributed by atoms with E-state index < -0.39 is 11.9 Å². The molecule has 2 N–H and O–H groups in total. The van der Waals surface area contributed by atoms with E-state index in [1.165, 1.54) is 12.8 Å². The van der Waals surface area contributed by atoms with Crippen LogP contribution in [-0.4, -0.2) is 48.7 Å². The third-order valence-electron chi connectivity index (χ3n) is 6.38. The van der Waals surface area contributed by atoms with E-state index in [-0.39, 0.29) is 12.3 Å². The summed E-state index contributed by atoms with van der Waals surface area (Å²) in [6, 6.07) is 10.4. The molecule has 2 aliphatic rings. The van der Waals surface area contributed by atoms with Gasteiger partial charge in [-0.05, 0) is 38.3 Å². The van der Waals surface area contributed by atoms with Gasteiger partial charge in [-0.25, -0.2) is 15.0 Å². The monoisotopic (exact) mass is 479 g/mol. The number of imidazole rings is 1. The molecule has 5 rings (SSSR count). The number of aliphatic hydroxyl groups is 1. The maximum Gasteiger partial charge on any atom is 0.167 e. The van der Waals surface area contributed by atoms with Crippen molar-refractivity contribution in [3.8, 4) is 0 Å². The number of anilines is 1. The molecular formula is C26H33N5O4. The summed E-state index contributed by atoms with van der Waals surface area (Å²) in [5.41, 5.74) is 2.52. The van der Waals surface area contributed by atoms with Gasteiger partial charge in [-0.1, -0.05) is 43.2 Å². The van der Waals surface area contributed by atoms with Crippen molar-refractivity contribution in [2.24, 2.45) is 0 Å². The van der Waals surface area contributed by atoms with Crippen LogP contribution in [0.2, 0.25) is 0 Å². The number of benzene rings is 1. The highest BCUT2D eigenvalue weighted by atomic mass is 16.6. The molecule has 0 bridgehead atoms. The van der Waals surface area contributed by atoms with Gasteiger partial charge in [0, 0.05) is 12.5 Å². The number of hydrogen-bond acceptors (Lipinski definition) is 8. The van der Waals surface area contributed by atoms with E-state index in [4.69, 9.17) is 14.2 Å². The number of ether oxygens (including phenoxy) is 3. The van der Waals surface area contributed by atoms with Gasteiger partial charge in [0.05, 0.1) is 18.7 Å². The van der Waals surface area contributed by atoms with Crippen LogP contribution in [0.15, 0.2) is 55.3 Å². The summed E-state index contributed by atoms with van der Waals surface area (Å²) in [4.78, 5) is 13.5. The normalized spacial score (nSPS) is 23.5. The van der Waals surface area contributed by atoms with E-state index in [9.17, 15) is 5.11 Å². The first-order valence-corrected chi connectivity index (χ1v) is 12.3. The lowest BCUT2D eigenvalue weighted by Gasteiger charge is -2.25. The highest BCUT2D eigenvalue weighted by molar-refractivity contribution is 5.82. The minimum absolute atomic E-state index is 0.356. The zero-order valence-corrected chi connectivity index (χ0v) is 20.2. The van der Waals surface area contributed by atoms with E-state index in [1.807, 2.05) is 41.0 Å². The van der Waals surface area contributed by atoms with Gasteiger partial charge in [0.2, 0.25) is 0 Å². The molecule has 1 saturated heterocycles. The molecule has 3 atom stereocenters. The maximum absolute atomic E-state index is 10.3. The minimum Gasteiger partial charge on any atom is -0.497 e. The largest absolute Gasteiger partial charge is 0.497 e. The van der Waals surface area contributed by atoms with Crippen molar-refractivity contribution in [1.29, 1.82) is 0 Å². The van der Waals surface area contributed by atoms with E-state index in [1.54, 1.807) is 32.8 Å². The zero-order valence-electron chi connectivity index (χ0n) is 20.2. The Hall–Kier alpha value is -3.01. The first-order valence-electron chi connectivity index (χ1n) is 12.3. The number of rotatable bonds is 9. The van der Waals surface area contributed by atoms with Gasteiger partial charge >= 0.3 is 0 Å². The number of hydrogen-bond donors (Lipinski definition) is 2. The molecule has 186 valence electrons. The van der Waals surface area contributed by atoms with Crippen LogP contribution in [0.4, 0.5) is 5.82 Å². The number of aromatic nitrogens is 4. The summed E-state index contributed by atoms with van der Waals surface area (Å²) < 4.78 is 19.9. The van der Waals surface area contributed by atoms with E-state index in [2.05, 4.69) is 20.3 Å².